The largest absolute Gasteiger partial charge is 0.457 e. The third-order valence-electron chi connectivity index (χ3n) is 2.35. The lowest BCUT2D eigenvalue weighted by atomic mass is 10.2. The minimum atomic E-state index is 0.882. The Morgan fingerprint density at radius 1 is 0.941 bits per heavy atom. The molecule has 0 atom stereocenters. The van der Waals surface area contributed by atoms with Crippen LogP contribution in [-0.4, -0.2) is 5.75 Å². The lowest BCUT2D eigenvalue weighted by molar-refractivity contribution is 0.482. The Labute approximate surface area is 107 Å². The van der Waals surface area contributed by atoms with Gasteiger partial charge in [0.2, 0.25) is 0 Å². The summed E-state index contributed by atoms with van der Waals surface area (Å²) < 4.78 is 5.79. The van der Waals surface area contributed by atoms with E-state index in [1.165, 1.54) is 5.56 Å². The minimum absolute atomic E-state index is 0.882. The van der Waals surface area contributed by atoms with Gasteiger partial charge >= 0.3 is 0 Å². The zero-order valence-electron chi connectivity index (χ0n) is 9.93. The van der Waals surface area contributed by atoms with E-state index in [2.05, 4.69) is 19.1 Å². The molecule has 88 valence electrons. The van der Waals surface area contributed by atoms with Crippen molar-refractivity contribution in [3.05, 3.63) is 60.2 Å². The van der Waals surface area contributed by atoms with Gasteiger partial charge in [0.25, 0.3) is 0 Å². The van der Waals surface area contributed by atoms with Gasteiger partial charge in [-0.1, -0.05) is 37.3 Å². The van der Waals surface area contributed by atoms with Crippen molar-refractivity contribution in [2.45, 2.75) is 12.7 Å². The Balaban J connectivity index is 2.06. The van der Waals surface area contributed by atoms with Gasteiger partial charge in [0.15, 0.2) is 0 Å². The summed E-state index contributed by atoms with van der Waals surface area (Å²) in [6.45, 7) is 2.18. The van der Waals surface area contributed by atoms with Crippen LogP contribution >= 0.6 is 11.8 Å². The van der Waals surface area contributed by atoms with E-state index < -0.39 is 0 Å². The molecule has 2 aromatic carbocycles. The maximum Gasteiger partial charge on any atom is 0.127 e. The molecule has 0 aliphatic rings. The number of thioether (sulfide) groups is 1. The molecule has 17 heavy (non-hydrogen) atoms. The van der Waals surface area contributed by atoms with Crippen LogP contribution in [0.3, 0.4) is 0 Å². The molecule has 2 aromatic rings. The van der Waals surface area contributed by atoms with Gasteiger partial charge < -0.3 is 4.74 Å². The third-order valence-corrected chi connectivity index (χ3v) is 3.30. The third kappa shape index (κ3) is 3.82. The first-order valence-corrected chi connectivity index (χ1v) is 6.93. The molecule has 0 spiro atoms. The summed E-state index contributed by atoms with van der Waals surface area (Å²) in [6.07, 6.45) is 0. The Morgan fingerprint density at radius 3 is 2.47 bits per heavy atom. The summed E-state index contributed by atoms with van der Waals surface area (Å²) in [6, 6.07) is 18.2. The van der Waals surface area contributed by atoms with Crippen molar-refractivity contribution in [1.82, 2.24) is 0 Å². The number of hydrogen-bond donors (Lipinski definition) is 0. The van der Waals surface area contributed by atoms with Crippen LogP contribution in [0.1, 0.15) is 12.5 Å². The fourth-order valence-electron chi connectivity index (χ4n) is 1.54. The van der Waals surface area contributed by atoms with Crippen LogP contribution in [0.2, 0.25) is 0 Å². The second-order valence-corrected chi connectivity index (χ2v) is 4.97. The van der Waals surface area contributed by atoms with Gasteiger partial charge in [-0.15, -0.1) is 0 Å². The van der Waals surface area contributed by atoms with Crippen molar-refractivity contribution in [1.29, 1.82) is 0 Å². The van der Waals surface area contributed by atoms with Gasteiger partial charge in [-0.25, -0.2) is 0 Å². The van der Waals surface area contributed by atoms with Crippen LogP contribution in [0.4, 0.5) is 0 Å². The Hall–Kier alpha value is -1.41. The highest BCUT2D eigenvalue weighted by Gasteiger charge is 1.98. The fraction of sp³-hybridized carbons (Fsp3) is 0.200. The molecule has 0 unspecified atom stereocenters. The van der Waals surface area contributed by atoms with Gasteiger partial charge in [-0.05, 0) is 35.6 Å². The maximum absolute atomic E-state index is 5.79. The van der Waals surface area contributed by atoms with E-state index in [0.717, 1.165) is 23.0 Å². The number of hydrogen-bond acceptors (Lipinski definition) is 2. The molecule has 0 amide bonds. The number of benzene rings is 2. The molecule has 0 N–H and O–H groups in total. The minimum Gasteiger partial charge on any atom is -0.457 e. The lowest BCUT2D eigenvalue weighted by Crippen LogP contribution is -1.86. The van der Waals surface area contributed by atoms with Crippen molar-refractivity contribution in [3.8, 4) is 11.5 Å². The molecule has 0 aromatic heterocycles. The SMILES string of the molecule is CCSCc1cccc(Oc2ccccc2)c1. The fourth-order valence-corrected chi connectivity index (χ4v) is 2.16. The van der Waals surface area contributed by atoms with Crippen molar-refractivity contribution in [3.63, 3.8) is 0 Å². The van der Waals surface area contributed by atoms with Crippen molar-refractivity contribution in [2.75, 3.05) is 5.75 Å². The van der Waals surface area contributed by atoms with Crippen LogP contribution in [0.15, 0.2) is 54.6 Å². The zero-order valence-corrected chi connectivity index (χ0v) is 10.7. The summed E-state index contributed by atoms with van der Waals surface area (Å²) in [5.41, 5.74) is 1.31. The molecule has 0 bridgehead atoms. The van der Waals surface area contributed by atoms with Crippen LogP contribution in [0.25, 0.3) is 0 Å². The van der Waals surface area contributed by atoms with Gasteiger partial charge in [0.05, 0.1) is 0 Å². The van der Waals surface area contributed by atoms with Crippen LogP contribution < -0.4 is 4.74 Å². The summed E-state index contributed by atoms with van der Waals surface area (Å²) in [4.78, 5) is 0. The Morgan fingerprint density at radius 2 is 1.71 bits per heavy atom. The van der Waals surface area contributed by atoms with Crippen molar-refractivity contribution in [2.24, 2.45) is 0 Å². The zero-order chi connectivity index (χ0) is 11.9. The first-order valence-electron chi connectivity index (χ1n) is 5.78. The number of rotatable bonds is 5. The molecular formula is C15H16OS. The molecule has 0 fully saturated rings. The average molecular weight is 244 g/mol. The highest BCUT2D eigenvalue weighted by molar-refractivity contribution is 7.98. The summed E-state index contributed by atoms with van der Waals surface area (Å²) in [5, 5.41) is 0. The van der Waals surface area contributed by atoms with E-state index in [9.17, 15) is 0 Å². The molecular weight excluding hydrogens is 228 g/mol. The topological polar surface area (TPSA) is 9.23 Å². The quantitative estimate of drug-likeness (QED) is 0.751. The second-order valence-electron chi connectivity index (χ2n) is 3.70. The van der Waals surface area contributed by atoms with E-state index in [1.807, 2.05) is 54.2 Å². The normalized spacial score (nSPS) is 10.2. The molecule has 2 heteroatoms. The first-order chi connectivity index (χ1) is 8.38. The van der Waals surface area contributed by atoms with Crippen molar-refractivity contribution < 1.29 is 4.74 Å². The van der Waals surface area contributed by atoms with E-state index in [-0.39, 0.29) is 0 Å². The van der Waals surface area contributed by atoms with Crippen LogP contribution in [-0.2, 0) is 5.75 Å². The number of ether oxygens (including phenoxy) is 1. The average Bonchev–Trinajstić information content (AvgIpc) is 2.38. The molecule has 0 radical (unpaired) electrons. The Kier molecular flexibility index (Phi) is 4.51. The predicted octanol–water partition coefficient (Wildman–Crippen LogP) is 4.73. The van der Waals surface area contributed by atoms with E-state index >= 15 is 0 Å². The molecule has 0 heterocycles. The van der Waals surface area contributed by atoms with Gasteiger partial charge in [0, 0.05) is 5.75 Å². The second kappa shape index (κ2) is 6.36. The number of para-hydroxylation sites is 1. The monoisotopic (exact) mass is 244 g/mol. The maximum atomic E-state index is 5.79. The van der Waals surface area contributed by atoms with Gasteiger partial charge in [0.1, 0.15) is 11.5 Å². The first kappa shape index (κ1) is 12.1. The van der Waals surface area contributed by atoms with E-state index in [4.69, 9.17) is 4.74 Å². The Bertz CT molecular complexity index is 453. The predicted molar refractivity (Wildman–Crippen MR) is 74.8 cm³/mol. The lowest BCUT2D eigenvalue weighted by Gasteiger charge is -2.07. The molecule has 0 saturated carbocycles. The molecule has 0 aliphatic heterocycles. The highest BCUT2D eigenvalue weighted by Crippen LogP contribution is 2.23. The highest BCUT2D eigenvalue weighted by atomic mass is 32.2. The van der Waals surface area contributed by atoms with Gasteiger partial charge in [-0.3, -0.25) is 0 Å². The summed E-state index contributed by atoms with van der Waals surface area (Å²) in [5.74, 6) is 3.98. The molecule has 1 nitrogen and oxygen atoms in total. The smallest absolute Gasteiger partial charge is 0.127 e. The van der Waals surface area contributed by atoms with E-state index in [0.29, 0.717) is 0 Å². The molecule has 0 saturated heterocycles. The van der Waals surface area contributed by atoms with Gasteiger partial charge in [-0.2, -0.15) is 11.8 Å². The van der Waals surface area contributed by atoms with Crippen molar-refractivity contribution >= 4 is 11.8 Å². The summed E-state index contributed by atoms with van der Waals surface area (Å²) in [7, 11) is 0. The standard InChI is InChI=1S/C15H16OS/c1-2-17-12-13-7-6-10-15(11-13)16-14-8-4-3-5-9-14/h3-11H,2,12H2,1H3. The summed E-state index contributed by atoms with van der Waals surface area (Å²) >= 11 is 1.92. The van der Waals surface area contributed by atoms with E-state index in [1.54, 1.807) is 0 Å². The molecule has 0 aliphatic carbocycles. The van der Waals surface area contributed by atoms with Crippen LogP contribution in [0.5, 0.6) is 11.5 Å². The molecule has 2 rings (SSSR count). The van der Waals surface area contributed by atoms with Crippen LogP contribution in [0, 0.1) is 0 Å².